The highest BCUT2D eigenvalue weighted by Crippen LogP contribution is 2.49. The standard InChI is InChI=1S/C30H28ClN3O3/c1-30-28-27(22-8-3-5-9-24(22)32-28)23(21-7-4-6-10-25(21)37-2)17-34(30)26(35)18-33(29(30)36)16-15-19-11-13-20(31)14-12-19/h3-14,23,32H,15-18H2,1-2H3/t23-,30-/m0/s1. The predicted octanol–water partition coefficient (Wildman–Crippen LogP) is 5.10. The number of hydrogen-bond acceptors (Lipinski definition) is 3. The van der Waals surface area contributed by atoms with Gasteiger partial charge in [0.2, 0.25) is 5.91 Å². The van der Waals surface area contributed by atoms with Gasteiger partial charge in [-0.1, -0.05) is 60.1 Å². The molecule has 7 heteroatoms. The number of rotatable bonds is 5. The number of fused-ring (bicyclic) bond motifs is 5. The summed E-state index contributed by atoms with van der Waals surface area (Å²) in [5.41, 5.74) is 3.74. The van der Waals surface area contributed by atoms with Crippen molar-refractivity contribution in [2.45, 2.75) is 24.8 Å². The highest BCUT2D eigenvalue weighted by atomic mass is 35.5. The average molecular weight is 514 g/mol. The largest absolute Gasteiger partial charge is 0.496 e. The lowest BCUT2D eigenvalue weighted by atomic mass is 9.76. The summed E-state index contributed by atoms with van der Waals surface area (Å²) in [6, 6.07) is 23.6. The number of nitrogens with one attached hydrogen (secondary N) is 1. The van der Waals surface area contributed by atoms with Crippen molar-refractivity contribution in [3.8, 4) is 5.75 Å². The Morgan fingerprint density at radius 3 is 2.54 bits per heavy atom. The maximum Gasteiger partial charge on any atom is 0.254 e. The van der Waals surface area contributed by atoms with Crippen molar-refractivity contribution in [3.05, 3.63) is 100 Å². The van der Waals surface area contributed by atoms with Gasteiger partial charge >= 0.3 is 0 Å². The smallest absolute Gasteiger partial charge is 0.254 e. The number of halogens is 1. The van der Waals surface area contributed by atoms with Gasteiger partial charge in [0.05, 0.1) is 19.3 Å². The van der Waals surface area contributed by atoms with Crippen molar-refractivity contribution in [3.63, 3.8) is 0 Å². The number of para-hydroxylation sites is 2. The Morgan fingerprint density at radius 2 is 1.76 bits per heavy atom. The molecule has 0 radical (unpaired) electrons. The fourth-order valence-corrected chi connectivity index (χ4v) is 6.13. The van der Waals surface area contributed by atoms with E-state index in [0.717, 1.165) is 39.0 Å². The molecule has 3 heterocycles. The monoisotopic (exact) mass is 513 g/mol. The number of aromatic amines is 1. The molecule has 1 saturated heterocycles. The number of nitrogens with zero attached hydrogens (tertiary/aromatic N) is 2. The molecule has 1 aromatic heterocycles. The van der Waals surface area contributed by atoms with Crippen molar-refractivity contribution in [2.24, 2.45) is 0 Å². The highest BCUT2D eigenvalue weighted by molar-refractivity contribution is 6.30. The zero-order valence-electron chi connectivity index (χ0n) is 20.8. The molecule has 2 atom stereocenters. The normalized spacial score (nSPS) is 21.2. The van der Waals surface area contributed by atoms with Crippen LogP contribution in [0.4, 0.5) is 0 Å². The van der Waals surface area contributed by atoms with Crippen LogP contribution in [0, 0.1) is 0 Å². The molecule has 1 N–H and O–H groups in total. The second-order valence-electron chi connectivity index (χ2n) is 9.93. The summed E-state index contributed by atoms with van der Waals surface area (Å²) >= 11 is 6.03. The summed E-state index contributed by atoms with van der Waals surface area (Å²) in [6.45, 7) is 2.81. The van der Waals surface area contributed by atoms with Gasteiger partial charge in [0.25, 0.3) is 5.91 Å². The first-order chi connectivity index (χ1) is 17.9. The number of H-pyrrole nitrogens is 1. The molecule has 0 spiro atoms. The molecule has 1 fully saturated rings. The average Bonchev–Trinajstić information content (AvgIpc) is 3.32. The van der Waals surface area contributed by atoms with E-state index < -0.39 is 5.54 Å². The zero-order valence-corrected chi connectivity index (χ0v) is 21.6. The summed E-state index contributed by atoms with van der Waals surface area (Å²) in [7, 11) is 1.66. The van der Waals surface area contributed by atoms with Crippen LogP contribution in [0.15, 0.2) is 72.8 Å². The number of amides is 2. The van der Waals surface area contributed by atoms with Crippen LogP contribution in [0.5, 0.6) is 5.75 Å². The van der Waals surface area contributed by atoms with Crippen LogP contribution in [0.25, 0.3) is 10.9 Å². The SMILES string of the molecule is COc1ccccc1[C@@H]1CN2C(=O)CN(CCc3ccc(Cl)cc3)C(=O)[C@]2(C)c2[nH]c3ccccc3c21. The minimum Gasteiger partial charge on any atom is -0.496 e. The molecule has 188 valence electrons. The number of aromatic nitrogens is 1. The van der Waals surface area contributed by atoms with Gasteiger partial charge < -0.3 is 19.5 Å². The third kappa shape index (κ3) is 3.70. The van der Waals surface area contributed by atoms with Crippen LogP contribution in [-0.2, 0) is 21.5 Å². The van der Waals surface area contributed by atoms with Crippen molar-refractivity contribution < 1.29 is 14.3 Å². The summed E-state index contributed by atoms with van der Waals surface area (Å²) in [5.74, 6) is 0.523. The Kier molecular flexibility index (Phi) is 5.72. The molecule has 3 aromatic carbocycles. The number of benzene rings is 3. The first-order valence-electron chi connectivity index (χ1n) is 12.5. The van der Waals surface area contributed by atoms with E-state index in [0.29, 0.717) is 24.5 Å². The molecule has 6 rings (SSSR count). The lowest BCUT2D eigenvalue weighted by Gasteiger charge is -2.51. The van der Waals surface area contributed by atoms with E-state index in [4.69, 9.17) is 16.3 Å². The van der Waals surface area contributed by atoms with Crippen LogP contribution in [0.1, 0.15) is 35.2 Å². The highest BCUT2D eigenvalue weighted by Gasteiger charge is 2.56. The van der Waals surface area contributed by atoms with Gasteiger partial charge in [0.1, 0.15) is 5.75 Å². The van der Waals surface area contributed by atoms with Crippen LogP contribution >= 0.6 is 11.6 Å². The van der Waals surface area contributed by atoms with Crippen molar-refractivity contribution in [1.29, 1.82) is 0 Å². The van der Waals surface area contributed by atoms with Gasteiger partial charge in [-0.3, -0.25) is 9.59 Å². The Bertz CT molecular complexity index is 1510. The van der Waals surface area contributed by atoms with E-state index in [2.05, 4.69) is 11.1 Å². The van der Waals surface area contributed by atoms with Gasteiger partial charge in [-0.05, 0) is 48.7 Å². The fourth-order valence-electron chi connectivity index (χ4n) is 6.01. The lowest BCUT2D eigenvalue weighted by molar-refractivity contribution is -0.166. The molecular formula is C30H28ClN3O3. The second-order valence-corrected chi connectivity index (χ2v) is 10.4. The first kappa shape index (κ1) is 23.6. The number of ether oxygens (including phenoxy) is 1. The second kappa shape index (κ2) is 8.96. The van der Waals surface area contributed by atoms with Crippen LogP contribution < -0.4 is 4.74 Å². The Labute approximate surface area is 220 Å². The van der Waals surface area contributed by atoms with E-state index in [1.54, 1.807) is 16.9 Å². The molecule has 0 aliphatic carbocycles. The summed E-state index contributed by atoms with van der Waals surface area (Å²) in [5, 5.41) is 1.74. The van der Waals surface area contributed by atoms with E-state index >= 15 is 0 Å². The van der Waals surface area contributed by atoms with Gasteiger partial charge in [-0.25, -0.2) is 0 Å². The van der Waals surface area contributed by atoms with E-state index in [9.17, 15) is 9.59 Å². The minimum atomic E-state index is -1.12. The maximum atomic E-state index is 14.2. The Balaban J connectivity index is 1.45. The van der Waals surface area contributed by atoms with Gasteiger partial charge in [-0.2, -0.15) is 0 Å². The topological polar surface area (TPSA) is 65.6 Å². The molecule has 2 aliphatic heterocycles. The number of hydrogen-bond donors (Lipinski definition) is 1. The lowest BCUT2D eigenvalue weighted by Crippen LogP contribution is -2.67. The van der Waals surface area contributed by atoms with Crippen molar-refractivity contribution in [2.75, 3.05) is 26.7 Å². The molecule has 37 heavy (non-hydrogen) atoms. The summed E-state index contributed by atoms with van der Waals surface area (Å²) in [6.07, 6.45) is 0.648. The van der Waals surface area contributed by atoms with Crippen LogP contribution in [-0.4, -0.2) is 53.3 Å². The molecular weight excluding hydrogens is 486 g/mol. The number of carbonyl (C=O) groups is 2. The van der Waals surface area contributed by atoms with Crippen molar-refractivity contribution >= 4 is 34.3 Å². The first-order valence-corrected chi connectivity index (χ1v) is 12.9. The van der Waals surface area contributed by atoms with Gasteiger partial charge in [0, 0.05) is 40.5 Å². The third-order valence-corrected chi connectivity index (χ3v) is 8.17. The summed E-state index contributed by atoms with van der Waals surface area (Å²) in [4.78, 5) is 34.9. The summed E-state index contributed by atoms with van der Waals surface area (Å²) < 4.78 is 5.71. The minimum absolute atomic E-state index is 0.0533. The van der Waals surface area contributed by atoms with Crippen LogP contribution in [0.3, 0.4) is 0 Å². The molecule has 0 unspecified atom stereocenters. The van der Waals surface area contributed by atoms with Crippen molar-refractivity contribution in [1.82, 2.24) is 14.8 Å². The molecule has 6 nitrogen and oxygen atoms in total. The number of piperazine rings is 1. The van der Waals surface area contributed by atoms with E-state index in [1.807, 2.05) is 73.7 Å². The quantitative estimate of drug-likeness (QED) is 0.403. The van der Waals surface area contributed by atoms with Gasteiger partial charge in [0.15, 0.2) is 5.54 Å². The Morgan fingerprint density at radius 1 is 1.03 bits per heavy atom. The molecule has 0 bridgehead atoms. The molecule has 0 saturated carbocycles. The van der Waals surface area contributed by atoms with E-state index in [-0.39, 0.29) is 24.3 Å². The molecule has 2 amide bonds. The Hall–Kier alpha value is -3.77. The van der Waals surface area contributed by atoms with Crippen LogP contribution in [0.2, 0.25) is 5.02 Å². The number of carbonyl (C=O) groups excluding carboxylic acids is 2. The predicted molar refractivity (Wildman–Crippen MR) is 144 cm³/mol. The third-order valence-electron chi connectivity index (χ3n) is 7.92. The fraction of sp³-hybridized carbons (Fsp3) is 0.267. The molecule has 2 aliphatic rings. The zero-order chi connectivity index (χ0) is 25.7. The van der Waals surface area contributed by atoms with E-state index in [1.165, 1.54) is 0 Å². The number of methoxy groups -OCH3 is 1. The molecule has 4 aromatic rings. The maximum absolute atomic E-state index is 14.2. The van der Waals surface area contributed by atoms with Gasteiger partial charge in [-0.15, -0.1) is 0 Å².